The summed E-state index contributed by atoms with van der Waals surface area (Å²) in [6.45, 7) is 0.363. The summed E-state index contributed by atoms with van der Waals surface area (Å²) in [7, 11) is 1.60. The second kappa shape index (κ2) is 6.39. The number of benzene rings is 1. The number of rotatable bonds is 5. The van der Waals surface area contributed by atoms with Crippen molar-refractivity contribution in [2.75, 3.05) is 13.6 Å². The number of aliphatic carboxylic acids is 1. The Morgan fingerprint density at radius 3 is 2.61 bits per heavy atom. The number of halogens is 1. The smallest absolute Gasteiger partial charge is 0.303 e. The SMILES string of the molecule is CN(CCCC(=O)O)C(=O)c1ccc(Br)c(O)c1. The number of carbonyl (C=O) groups is 2. The Kier molecular flexibility index (Phi) is 5.15. The number of carboxylic acids is 1. The minimum atomic E-state index is -0.878. The minimum absolute atomic E-state index is 0.000198. The van der Waals surface area contributed by atoms with Crippen LogP contribution in [0.5, 0.6) is 5.75 Å². The van der Waals surface area contributed by atoms with Gasteiger partial charge in [0, 0.05) is 25.6 Å². The van der Waals surface area contributed by atoms with Crippen LogP contribution in [-0.2, 0) is 4.79 Å². The van der Waals surface area contributed by atoms with Gasteiger partial charge in [-0.05, 0) is 40.5 Å². The summed E-state index contributed by atoms with van der Waals surface area (Å²) in [6.07, 6.45) is 0.434. The third-order valence-corrected chi connectivity index (χ3v) is 3.09. The number of nitrogens with zero attached hydrogens (tertiary/aromatic N) is 1. The van der Waals surface area contributed by atoms with Crippen molar-refractivity contribution in [2.45, 2.75) is 12.8 Å². The molecule has 1 aromatic carbocycles. The number of phenols is 1. The van der Waals surface area contributed by atoms with Gasteiger partial charge in [-0.2, -0.15) is 0 Å². The van der Waals surface area contributed by atoms with E-state index in [1.807, 2.05) is 0 Å². The molecule has 0 aromatic heterocycles. The molecule has 98 valence electrons. The lowest BCUT2D eigenvalue weighted by atomic mass is 10.2. The Balaban J connectivity index is 2.62. The van der Waals surface area contributed by atoms with E-state index >= 15 is 0 Å². The van der Waals surface area contributed by atoms with Gasteiger partial charge in [0.25, 0.3) is 5.91 Å². The first-order valence-corrected chi connectivity index (χ1v) is 6.17. The van der Waals surface area contributed by atoms with Gasteiger partial charge in [0.1, 0.15) is 5.75 Å². The van der Waals surface area contributed by atoms with Crippen molar-refractivity contribution in [3.05, 3.63) is 28.2 Å². The molecular formula is C12H14BrNO4. The molecule has 2 N–H and O–H groups in total. The molecular weight excluding hydrogens is 302 g/mol. The minimum Gasteiger partial charge on any atom is -0.507 e. The second-order valence-corrected chi connectivity index (χ2v) is 4.74. The van der Waals surface area contributed by atoms with Gasteiger partial charge in [0.05, 0.1) is 4.47 Å². The number of aromatic hydroxyl groups is 1. The lowest BCUT2D eigenvalue weighted by Gasteiger charge is -2.16. The number of hydrogen-bond acceptors (Lipinski definition) is 3. The Morgan fingerprint density at radius 2 is 2.06 bits per heavy atom. The first kappa shape index (κ1) is 14.5. The maximum absolute atomic E-state index is 11.9. The fourth-order valence-electron chi connectivity index (χ4n) is 1.44. The van der Waals surface area contributed by atoms with Crippen LogP contribution < -0.4 is 0 Å². The predicted molar refractivity (Wildman–Crippen MR) is 69.6 cm³/mol. The molecule has 0 bridgehead atoms. The first-order valence-electron chi connectivity index (χ1n) is 5.37. The van der Waals surface area contributed by atoms with E-state index in [9.17, 15) is 14.7 Å². The Hall–Kier alpha value is -1.56. The third kappa shape index (κ3) is 4.03. The molecule has 5 nitrogen and oxygen atoms in total. The molecule has 0 aliphatic heterocycles. The lowest BCUT2D eigenvalue weighted by Crippen LogP contribution is -2.28. The average Bonchev–Trinajstić information content (AvgIpc) is 2.31. The van der Waals surface area contributed by atoms with Crippen molar-refractivity contribution < 1.29 is 19.8 Å². The van der Waals surface area contributed by atoms with Gasteiger partial charge in [0.2, 0.25) is 0 Å². The van der Waals surface area contributed by atoms with Crippen LogP contribution in [0.25, 0.3) is 0 Å². The van der Waals surface area contributed by atoms with Gasteiger partial charge in [-0.1, -0.05) is 0 Å². The molecule has 1 rings (SSSR count). The fourth-order valence-corrected chi connectivity index (χ4v) is 1.68. The molecule has 0 aliphatic carbocycles. The molecule has 18 heavy (non-hydrogen) atoms. The molecule has 0 fully saturated rings. The molecule has 0 spiro atoms. The zero-order valence-corrected chi connectivity index (χ0v) is 11.5. The highest BCUT2D eigenvalue weighted by Gasteiger charge is 2.13. The number of carboxylic acid groups (broad SMARTS) is 1. The Bertz CT molecular complexity index is 461. The van der Waals surface area contributed by atoms with Crippen LogP contribution in [0.4, 0.5) is 0 Å². The van der Waals surface area contributed by atoms with E-state index in [-0.39, 0.29) is 18.1 Å². The largest absolute Gasteiger partial charge is 0.507 e. The molecule has 0 heterocycles. The topological polar surface area (TPSA) is 77.8 Å². The highest BCUT2D eigenvalue weighted by atomic mass is 79.9. The summed E-state index contributed by atoms with van der Waals surface area (Å²) in [5, 5.41) is 18.0. The fraction of sp³-hybridized carbons (Fsp3) is 0.333. The average molecular weight is 316 g/mol. The van der Waals surface area contributed by atoms with Crippen LogP contribution in [0.1, 0.15) is 23.2 Å². The monoisotopic (exact) mass is 315 g/mol. The summed E-state index contributed by atoms with van der Waals surface area (Å²) in [5.41, 5.74) is 0.369. The summed E-state index contributed by atoms with van der Waals surface area (Å²) in [6, 6.07) is 4.56. The molecule has 6 heteroatoms. The lowest BCUT2D eigenvalue weighted by molar-refractivity contribution is -0.137. The molecule has 0 aliphatic rings. The van der Waals surface area contributed by atoms with E-state index in [2.05, 4.69) is 15.9 Å². The molecule has 0 saturated heterocycles. The van der Waals surface area contributed by atoms with Gasteiger partial charge in [-0.3, -0.25) is 9.59 Å². The summed E-state index contributed by atoms with van der Waals surface area (Å²) < 4.78 is 0.521. The van der Waals surface area contributed by atoms with Crippen molar-refractivity contribution in [2.24, 2.45) is 0 Å². The van der Waals surface area contributed by atoms with Crippen molar-refractivity contribution >= 4 is 27.8 Å². The highest BCUT2D eigenvalue weighted by molar-refractivity contribution is 9.10. The van der Waals surface area contributed by atoms with Crippen molar-refractivity contribution in [1.29, 1.82) is 0 Å². The Morgan fingerprint density at radius 1 is 1.39 bits per heavy atom. The molecule has 0 atom stereocenters. The quantitative estimate of drug-likeness (QED) is 0.872. The van der Waals surface area contributed by atoms with Crippen LogP contribution in [0.2, 0.25) is 0 Å². The normalized spacial score (nSPS) is 10.1. The van der Waals surface area contributed by atoms with E-state index in [1.54, 1.807) is 19.2 Å². The van der Waals surface area contributed by atoms with Gasteiger partial charge in [-0.15, -0.1) is 0 Å². The van der Waals surface area contributed by atoms with Crippen LogP contribution >= 0.6 is 15.9 Å². The van der Waals surface area contributed by atoms with Gasteiger partial charge < -0.3 is 15.1 Å². The van der Waals surface area contributed by atoms with E-state index in [1.165, 1.54) is 11.0 Å². The van der Waals surface area contributed by atoms with Crippen LogP contribution in [0, 0.1) is 0 Å². The maximum Gasteiger partial charge on any atom is 0.303 e. The van der Waals surface area contributed by atoms with Gasteiger partial charge in [0.15, 0.2) is 0 Å². The second-order valence-electron chi connectivity index (χ2n) is 3.89. The zero-order chi connectivity index (χ0) is 13.7. The summed E-state index contributed by atoms with van der Waals surface area (Å²) >= 11 is 3.13. The number of amides is 1. The standard InChI is InChI=1S/C12H14BrNO4/c1-14(6-2-3-11(16)17)12(18)8-4-5-9(13)10(15)7-8/h4-5,7,15H,2-3,6H2,1H3,(H,16,17). The summed E-state index contributed by atoms with van der Waals surface area (Å²) in [5.74, 6) is -1.12. The van der Waals surface area contributed by atoms with Crippen LogP contribution in [0.3, 0.4) is 0 Å². The predicted octanol–water partition coefficient (Wildman–Crippen LogP) is 2.09. The molecule has 0 saturated carbocycles. The van der Waals surface area contributed by atoms with Crippen molar-refractivity contribution in [3.63, 3.8) is 0 Å². The van der Waals surface area contributed by atoms with E-state index in [4.69, 9.17) is 5.11 Å². The van der Waals surface area contributed by atoms with Gasteiger partial charge in [-0.25, -0.2) is 0 Å². The number of phenolic OH excluding ortho intramolecular Hbond substituents is 1. The van der Waals surface area contributed by atoms with E-state index in [0.29, 0.717) is 23.0 Å². The van der Waals surface area contributed by atoms with Crippen molar-refractivity contribution in [1.82, 2.24) is 4.90 Å². The van der Waals surface area contributed by atoms with Crippen LogP contribution in [-0.4, -0.2) is 40.6 Å². The first-order chi connectivity index (χ1) is 8.41. The zero-order valence-electron chi connectivity index (χ0n) is 9.89. The Labute approximate surface area is 113 Å². The third-order valence-electron chi connectivity index (χ3n) is 2.42. The van der Waals surface area contributed by atoms with Gasteiger partial charge >= 0.3 is 5.97 Å². The number of carbonyl (C=O) groups excluding carboxylic acids is 1. The molecule has 0 radical (unpaired) electrons. The van der Waals surface area contributed by atoms with Crippen LogP contribution in [0.15, 0.2) is 22.7 Å². The maximum atomic E-state index is 11.9. The molecule has 0 unspecified atom stereocenters. The molecule has 1 aromatic rings. The number of hydrogen-bond donors (Lipinski definition) is 2. The van der Waals surface area contributed by atoms with E-state index in [0.717, 1.165) is 0 Å². The van der Waals surface area contributed by atoms with E-state index < -0.39 is 5.97 Å². The summed E-state index contributed by atoms with van der Waals surface area (Å²) in [4.78, 5) is 23.7. The highest BCUT2D eigenvalue weighted by Crippen LogP contribution is 2.24. The molecule has 1 amide bonds. The van der Waals surface area contributed by atoms with Crippen molar-refractivity contribution in [3.8, 4) is 5.75 Å².